The molecule has 20 heavy (non-hydrogen) atoms. The lowest BCUT2D eigenvalue weighted by molar-refractivity contribution is -0.113. The fourth-order valence-electron chi connectivity index (χ4n) is 1.53. The molecule has 0 fully saturated rings. The van der Waals surface area contributed by atoms with Crippen molar-refractivity contribution < 1.29 is 4.79 Å². The second-order valence-corrected chi connectivity index (χ2v) is 4.79. The van der Waals surface area contributed by atoms with Gasteiger partial charge in [0, 0.05) is 27.9 Å². The molecule has 2 nitrogen and oxygen atoms in total. The van der Waals surface area contributed by atoms with Gasteiger partial charge in [-0.05, 0) is 23.8 Å². The highest BCUT2D eigenvalue weighted by Gasteiger charge is 1.97. The number of carbonyl (C=O) groups is 1. The lowest BCUT2D eigenvalue weighted by atomic mass is 10.2. The molecule has 0 bridgehead atoms. The summed E-state index contributed by atoms with van der Waals surface area (Å²) < 4.78 is 0. The van der Waals surface area contributed by atoms with Gasteiger partial charge in [-0.3, -0.25) is 4.79 Å². The van der Waals surface area contributed by atoms with Crippen LogP contribution in [0.15, 0.2) is 59.6 Å². The first kappa shape index (κ1) is 14.5. The number of carbonyl (C=O) groups excluding carboxylic acids is 1. The molecule has 0 spiro atoms. The summed E-state index contributed by atoms with van der Waals surface area (Å²) in [6, 6.07) is 14.4. The minimum absolute atomic E-state index is 0.371. The van der Waals surface area contributed by atoms with E-state index in [-0.39, 0.29) is 5.91 Å². The van der Waals surface area contributed by atoms with Crippen molar-refractivity contribution in [2.75, 3.05) is 0 Å². The molecular weight excluding hydrogens is 293 g/mol. The quantitative estimate of drug-likeness (QED) is 0.599. The third-order valence-corrected chi connectivity index (χ3v) is 3.24. The Kier molecular flexibility index (Phi) is 5.10. The fourth-order valence-corrected chi connectivity index (χ4v) is 1.91. The van der Waals surface area contributed by atoms with Gasteiger partial charge in [-0.2, -0.15) is 0 Å². The van der Waals surface area contributed by atoms with E-state index in [9.17, 15) is 4.79 Å². The number of rotatable bonds is 3. The van der Waals surface area contributed by atoms with Crippen molar-refractivity contribution in [1.29, 1.82) is 0 Å². The van der Waals surface area contributed by atoms with Crippen molar-refractivity contribution in [3.8, 4) is 0 Å². The Morgan fingerprint density at radius 3 is 2.05 bits per heavy atom. The van der Waals surface area contributed by atoms with Crippen molar-refractivity contribution in [3.05, 3.63) is 75.8 Å². The molecule has 2 aromatic rings. The highest BCUT2D eigenvalue weighted by molar-refractivity contribution is 6.33. The van der Waals surface area contributed by atoms with E-state index in [2.05, 4.69) is 4.99 Å². The maximum atomic E-state index is 11.6. The molecule has 4 heteroatoms. The molecule has 0 aliphatic rings. The first-order valence-corrected chi connectivity index (χ1v) is 6.67. The predicted octanol–water partition coefficient (Wildman–Crippen LogP) is 4.65. The van der Waals surface area contributed by atoms with Gasteiger partial charge in [-0.1, -0.05) is 59.6 Å². The Hall–Kier alpha value is -1.90. The number of nitrogens with zero attached hydrogens (tertiary/aromatic N) is 1. The Morgan fingerprint density at radius 2 is 1.45 bits per heavy atom. The van der Waals surface area contributed by atoms with E-state index in [1.807, 2.05) is 30.3 Å². The highest BCUT2D eigenvalue weighted by Crippen LogP contribution is 2.16. The monoisotopic (exact) mass is 303 g/mol. The van der Waals surface area contributed by atoms with E-state index in [1.165, 1.54) is 12.3 Å². The van der Waals surface area contributed by atoms with E-state index in [1.54, 1.807) is 24.3 Å². The first-order valence-electron chi connectivity index (χ1n) is 5.92. The lowest BCUT2D eigenvalue weighted by Crippen LogP contribution is -1.90. The summed E-state index contributed by atoms with van der Waals surface area (Å²) in [7, 11) is 0. The third-order valence-electron chi connectivity index (χ3n) is 2.55. The topological polar surface area (TPSA) is 29.4 Å². The summed E-state index contributed by atoms with van der Waals surface area (Å²) in [6.07, 6.45) is 4.45. The van der Waals surface area contributed by atoms with E-state index < -0.39 is 0 Å². The smallest absolute Gasteiger partial charge is 0.267 e. The SMILES string of the molecule is O=C(/C=C\c1ccccc1Cl)N=Cc1ccccc1Cl. The lowest BCUT2D eigenvalue weighted by Gasteiger charge is -1.96. The molecule has 0 aliphatic heterocycles. The van der Waals surface area contributed by atoms with Gasteiger partial charge in [0.05, 0.1) is 0 Å². The van der Waals surface area contributed by atoms with Gasteiger partial charge in [-0.25, -0.2) is 4.99 Å². The molecule has 2 rings (SSSR count). The van der Waals surface area contributed by atoms with Crippen LogP contribution in [0.5, 0.6) is 0 Å². The normalized spacial score (nSPS) is 11.3. The van der Waals surface area contributed by atoms with Crippen LogP contribution in [0, 0.1) is 0 Å². The summed E-state index contributed by atoms with van der Waals surface area (Å²) in [5.41, 5.74) is 1.48. The number of hydrogen-bond acceptors (Lipinski definition) is 1. The van der Waals surface area contributed by atoms with Crippen molar-refractivity contribution >= 4 is 41.4 Å². The maximum Gasteiger partial charge on any atom is 0.269 e. The molecule has 0 aromatic heterocycles. The molecular formula is C16H11Cl2NO. The van der Waals surface area contributed by atoms with Crippen molar-refractivity contribution in [2.45, 2.75) is 0 Å². The maximum absolute atomic E-state index is 11.6. The molecule has 0 saturated heterocycles. The zero-order chi connectivity index (χ0) is 14.4. The molecule has 100 valence electrons. The zero-order valence-electron chi connectivity index (χ0n) is 10.5. The summed E-state index contributed by atoms with van der Waals surface area (Å²) >= 11 is 11.9. The summed E-state index contributed by atoms with van der Waals surface area (Å²) in [5, 5.41) is 1.14. The van der Waals surface area contributed by atoms with E-state index >= 15 is 0 Å². The molecule has 0 saturated carbocycles. The largest absolute Gasteiger partial charge is 0.269 e. The van der Waals surface area contributed by atoms with Crippen molar-refractivity contribution in [1.82, 2.24) is 0 Å². The van der Waals surface area contributed by atoms with Gasteiger partial charge in [0.1, 0.15) is 0 Å². The number of halogens is 2. The molecule has 0 radical (unpaired) electrons. The van der Waals surface area contributed by atoms with Crippen LogP contribution in [0.4, 0.5) is 0 Å². The zero-order valence-corrected chi connectivity index (χ0v) is 12.0. The number of hydrogen-bond donors (Lipinski definition) is 0. The molecule has 0 N–H and O–H groups in total. The Labute approximate surface area is 127 Å². The van der Waals surface area contributed by atoms with Gasteiger partial charge in [0.25, 0.3) is 5.91 Å². The van der Waals surface area contributed by atoms with Crippen LogP contribution in [0.2, 0.25) is 10.0 Å². The standard InChI is InChI=1S/C16H11Cl2NO/c17-14-7-3-1-5-12(14)9-10-16(20)19-11-13-6-2-4-8-15(13)18/h1-11H/b10-9-,19-11?. The van der Waals surface area contributed by atoms with Gasteiger partial charge < -0.3 is 0 Å². The molecule has 0 heterocycles. The van der Waals surface area contributed by atoms with E-state index in [4.69, 9.17) is 23.2 Å². The third kappa shape index (κ3) is 4.05. The van der Waals surface area contributed by atoms with Crippen LogP contribution in [0.3, 0.4) is 0 Å². The number of aliphatic imine (C=N–C) groups is 1. The molecule has 0 aliphatic carbocycles. The molecule has 0 atom stereocenters. The second kappa shape index (κ2) is 7.04. The van der Waals surface area contributed by atoms with Crippen LogP contribution in [-0.4, -0.2) is 12.1 Å². The Bertz CT molecular complexity index is 620. The average molecular weight is 304 g/mol. The summed E-state index contributed by atoms with van der Waals surface area (Å²) in [4.78, 5) is 15.5. The second-order valence-electron chi connectivity index (χ2n) is 3.97. The average Bonchev–Trinajstić information content (AvgIpc) is 2.45. The molecule has 1 amide bonds. The van der Waals surface area contributed by atoms with Crippen LogP contribution in [0.25, 0.3) is 6.08 Å². The highest BCUT2D eigenvalue weighted by atomic mass is 35.5. The van der Waals surface area contributed by atoms with Crippen molar-refractivity contribution in [2.24, 2.45) is 4.99 Å². The fraction of sp³-hybridized carbons (Fsp3) is 0. The number of amides is 1. The van der Waals surface area contributed by atoms with Crippen molar-refractivity contribution in [3.63, 3.8) is 0 Å². The van der Waals surface area contributed by atoms with Crippen LogP contribution in [0.1, 0.15) is 11.1 Å². The van der Waals surface area contributed by atoms with Gasteiger partial charge >= 0.3 is 0 Å². The van der Waals surface area contributed by atoms with E-state index in [0.29, 0.717) is 15.6 Å². The van der Waals surface area contributed by atoms with Crippen LogP contribution < -0.4 is 0 Å². The minimum Gasteiger partial charge on any atom is -0.267 e. The molecule has 0 unspecified atom stereocenters. The van der Waals surface area contributed by atoms with E-state index in [0.717, 1.165) is 5.56 Å². The summed E-state index contributed by atoms with van der Waals surface area (Å²) in [6.45, 7) is 0. The predicted molar refractivity (Wildman–Crippen MR) is 84.5 cm³/mol. The van der Waals surface area contributed by atoms with Gasteiger partial charge in [0.2, 0.25) is 0 Å². The van der Waals surface area contributed by atoms with Crippen LogP contribution in [-0.2, 0) is 4.79 Å². The first-order chi connectivity index (χ1) is 9.66. The molecule has 2 aromatic carbocycles. The Balaban J connectivity index is 2.07. The van der Waals surface area contributed by atoms with Gasteiger partial charge in [0.15, 0.2) is 0 Å². The minimum atomic E-state index is -0.371. The van der Waals surface area contributed by atoms with Crippen LogP contribution >= 0.6 is 23.2 Å². The number of benzene rings is 2. The Morgan fingerprint density at radius 1 is 0.900 bits per heavy atom. The van der Waals surface area contributed by atoms with Gasteiger partial charge in [-0.15, -0.1) is 0 Å². The summed E-state index contributed by atoms with van der Waals surface area (Å²) in [5.74, 6) is -0.371.